The highest BCUT2D eigenvalue weighted by molar-refractivity contribution is 7.12. The molecule has 1 aliphatic heterocycles. The smallest absolute Gasteiger partial charge is 0.345 e. The summed E-state index contributed by atoms with van der Waals surface area (Å²) in [6.45, 7) is 12.6. The van der Waals surface area contributed by atoms with Crippen molar-refractivity contribution < 1.29 is 23.9 Å². The molecule has 144 valence electrons. The molecule has 0 aromatic carbocycles. The molecular formula is C18H27NO5SSi. The molecule has 1 aliphatic rings. The number of amides is 1. The summed E-state index contributed by atoms with van der Waals surface area (Å²) in [6.07, 6.45) is -0.114. The summed E-state index contributed by atoms with van der Waals surface area (Å²) >= 11 is 1.03. The second-order valence-electron chi connectivity index (χ2n) is 8.36. The Balaban J connectivity index is 2.03. The molecule has 2 rings (SSSR count). The van der Waals surface area contributed by atoms with Crippen LogP contribution in [0.3, 0.4) is 0 Å². The van der Waals surface area contributed by atoms with Crippen LogP contribution >= 0.6 is 11.3 Å². The minimum absolute atomic E-state index is 0.0384. The topological polar surface area (TPSA) is 92.7 Å². The van der Waals surface area contributed by atoms with Crippen LogP contribution in [0.1, 0.15) is 54.1 Å². The van der Waals surface area contributed by atoms with Crippen molar-refractivity contribution in [1.82, 2.24) is 5.32 Å². The van der Waals surface area contributed by atoms with Crippen molar-refractivity contribution in [3.8, 4) is 0 Å². The maximum Gasteiger partial charge on any atom is 0.345 e. The van der Waals surface area contributed by atoms with Gasteiger partial charge in [-0.25, -0.2) is 4.79 Å². The molecule has 8 heteroatoms. The zero-order chi connectivity index (χ0) is 19.9. The van der Waals surface area contributed by atoms with Crippen LogP contribution in [0.5, 0.6) is 0 Å². The van der Waals surface area contributed by atoms with Gasteiger partial charge in [-0.1, -0.05) is 20.8 Å². The Morgan fingerprint density at radius 3 is 2.46 bits per heavy atom. The molecular weight excluding hydrogens is 370 g/mol. The van der Waals surface area contributed by atoms with E-state index >= 15 is 0 Å². The number of carboxylic acids is 1. The van der Waals surface area contributed by atoms with Crippen LogP contribution in [-0.2, 0) is 9.22 Å². The van der Waals surface area contributed by atoms with Gasteiger partial charge in [-0.05, 0) is 31.1 Å². The Morgan fingerprint density at radius 2 is 2.00 bits per heavy atom. The SMILES string of the molecule is C[C@@H](O[Si](C)(C)C(C)(C)C)[C@H]1C(=O)N[C@@H]1CC(=O)c1csc(C(=O)O)c1. The number of thiophene rings is 1. The molecule has 0 spiro atoms. The predicted molar refractivity (Wildman–Crippen MR) is 103 cm³/mol. The zero-order valence-electron chi connectivity index (χ0n) is 16.1. The molecule has 0 bridgehead atoms. The fraction of sp³-hybridized carbons (Fsp3) is 0.611. The molecule has 0 radical (unpaired) electrons. The van der Waals surface area contributed by atoms with Crippen molar-refractivity contribution in [2.45, 2.75) is 64.4 Å². The van der Waals surface area contributed by atoms with E-state index in [1.54, 1.807) is 5.38 Å². The lowest BCUT2D eigenvalue weighted by Gasteiger charge is -2.45. The molecule has 1 aromatic heterocycles. The average Bonchev–Trinajstić information content (AvgIpc) is 2.94. The lowest BCUT2D eigenvalue weighted by molar-refractivity contribution is -0.139. The Labute approximate surface area is 159 Å². The van der Waals surface area contributed by atoms with E-state index in [0.717, 1.165) is 11.3 Å². The lowest BCUT2D eigenvalue weighted by Crippen LogP contribution is -2.64. The number of carbonyl (C=O) groups excluding carboxylic acids is 2. The Morgan fingerprint density at radius 1 is 1.38 bits per heavy atom. The van der Waals surface area contributed by atoms with Crippen molar-refractivity contribution >= 4 is 37.3 Å². The van der Waals surface area contributed by atoms with E-state index in [2.05, 4.69) is 39.2 Å². The summed E-state index contributed by atoms with van der Waals surface area (Å²) in [4.78, 5) is 35.6. The number of rotatable bonds is 7. The van der Waals surface area contributed by atoms with E-state index < -0.39 is 14.3 Å². The molecule has 26 heavy (non-hydrogen) atoms. The normalized spacial score (nSPS) is 21.7. The van der Waals surface area contributed by atoms with Crippen LogP contribution in [0, 0.1) is 5.92 Å². The minimum Gasteiger partial charge on any atom is -0.477 e. The van der Waals surface area contributed by atoms with E-state index in [9.17, 15) is 14.4 Å². The van der Waals surface area contributed by atoms with Gasteiger partial charge in [0.2, 0.25) is 5.91 Å². The summed E-state index contributed by atoms with van der Waals surface area (Å²) in [7, 11) is -2.01. The number of Topliss-reactive ketones (excluding diaryl/α,β-unsaturated/α-hetero) is 1. The summed E-state index contributed by atoms with van der Waals surface area (Å²) in [5, 5.41) is 13.4. The molecule has 1 fully saturated rings. The largest absolute Gasteiger partial charge is 0.477 e. The van der Waals surface area contributed by atoms with Gasteiger partial charge in [-0.2, -0.15) is 0 Å². The van der Waals surface area contributed by atoms with E-state index in [1.165, 1.54) is 6.07 Å². The van der Waals surface area contributed by atoms with Crippen LogP contribution < -0.4 is 5.32 Å². The first kappa shape index (κ1) is 20.8. The summed E-state index contributed by atoms with van der Waals surface area (Å²) in [5.41, 5.74) is 0.380. The average molecular weight is 398 g/mol. The van der Waals surface area contributed by atoms with E-state index in [0.29, 0.717) is 5.56 Å². The molecule has 0 saturated carbocycles. The van der Waals surface area contributed by atoms with Crippen LogP contribution in [0.2, 0.25) is 18.1 Å². The van der Waals surface area contributed by atoms with E-state index in [1.807, 2.05) is 6.92 Å². The van der Waals surface area contributed by atoms with Crippen molar-refractivity contribution in [2.75, 3.05) is 0 Å². The van der Waals surface area contributed by atoms with Crippen molar-refractivity contribution in [1.29, 1.82) is 0 Å². The maximum absolute atomic E-state index is 12.4. The Hall–Kier alpha value is -1.51. The molecule has 1 saturated heterocycles. The predicted octanol–water partition coefficient (Wildman–Crippen LogP) is 3.54. The van der Waals surface area contributed by atoms with Crippen LogP contribution in [0.25, 0.3) is 0 Å². The second kappa shape index (κ2) is 7.25. The Kier molecular flexibility index (Phi) is 5.79. The molecule has 2 heterocycles. The van der Waals surface area contributed by atoms with E-state index in [-0.39, 0.29) is 46.1 Å². The standard InChI is InChI=1S/C18H27NO5SSi/c1-10(24-26(5,6)18(2,3)4)15-12(19-16(15)21)8-13(20)11-7-14(17(22)23)25-9-11/h7,9-10,12,15H,8H2,1-6H3,(H,19,21)(H,22,23)/t10-,12-,15-/m1/s1. The number of β-lactam (4-membered cyclic amide) rings is 1. The van der Waals surface area contributed by atoms with Crippen LogP contribution in [0.15, 0.2) is 11.4 Å². The van der Waals surface area contributed by atoms with Crippen molar-refractivity contribution in [3.63, 3.8) is 0 Å². The van der Waals surface area contributed by atoms with Gasteiger partial charge in [0.15, 0.2) is 14.1 Å². The number of nitrogens with one attached hydrogen (secondary N) is 1. The number of ketones is 1. The first-order valence-corrected chi connectivity index (χ1v) is 12.5. The van der Waals surface area contributed by atoms with E-state index in [4.69, 9.17) is 9.53 Å². The first-order chi connectivity index (χ1) is 11.8. The third-order valence-electron chi connectivity index (χ3n) is 5.39. The monoisotopic (exact) mass is 397 g/mol. The van der Waals surface area contributed by atoms with Gasteiger partial charge < -0.3 is 14.8 Å². The Bertz CT molecular complexity index is 721. The molecule has 6 nitrogen and oxygen atoms in total. The third kappa shape index (κ3) is 4.24. The quantitative estimate of drug-likeness (QED) is 0.417. The molecule has 3 atom stereocenters. The molecule has 2 N–H and O–H groups in total. The van der Waals surface area contributed by atoms with Crippen LogP contribution in [-0.4, -0.2) is 43.2 Å². The van der Waals surface area contributed by atoms with Crippen molar-refractivity contribution in [3.05, 3.63) is 21.9 Å². The summed E-state index contributed by atoms with van der Waals surface area (Å²) in [6, 6.07) is 1.11. The zero-order valence-corrected chi connectivity index (χ0v) is 17.9. The second-order valence-corrected chi connectivity index (χ2v) is 14.0. The van der Waals surface area contributed by atoms with Gasteiger partial charge in [0.25, 0.3) is 0 Å². The van der Waals surface area contributed by atoms with Gasteiger partial charge >= 0.3 is 5.97 Å². The van der Waals surface area contributed by atoms with Gasteiger partial charge in [0.05, 0.1) is 18.1 Å². The maximum atomic E-state index is 12.4. The highest BCUT2D eigenvalue weighted by Crippen LogP contribution is 2.39. The lowest BCUT2D eigenvalue weighted by atomic mass is 9.82. The first-order valence-electron chi connectivity index (χ1n) is 8.66. The molecule has 1 amide bonds. The number of hydrogen-bond donors (Lipinski definition) is 2. The highest BCUT2D eigenvalue weighted by atomic mass is 32.1. The summed E-state index contributed by atoms with van der Waals surface area (Å²) in [5.74, 6) is -1.65. The molecule has 0 unspecified atom stereocenters. The number of aromatic carboxylic acids is 1. The number of hydrogen-bond acceptors (Lipinski definition) is 5. The van der Waals surface area contributed by atoms with Gasteiger partial charge in [-0.15, -0.1) is 11.3 Å². The van der Waals surface area contributed by atoms with Gasteiger partial charge in [0, 0.05) is 17.4 Å². The van der Waals surface area contributed by atoms with Gasteiger partial charge in [-0.3, -0.25) is 9.59 Å². The number of carboxylic acid groups (broad SMARTS) is 1. The number of carbonyl (C=O) groups is 3. The molecule has 1 aromatic rings. The fourth-order valence-corrected chi connectivity index (χ4v) is 4.98. The fourth-order valence-electron chi connectivity index (χ4n) is 2.80. The minimum atomic E-state index is -2.01. The van der Waals surface area contributed by atoms with Crippen molar-refractivity contribution in [2.24, 2.45) is 5.92 Å². The van der Waals surface area contributed by atoms with Gasteiger partial charge in [0.1, 0.15) is 4.88 Å². The highest BCUT2D eigenvalue weighted by Gasteiger charge is 2.47. The summed E-state index contributed by atoms with van der Waals surface area (Å²) < 4.78 is 6.32. The molecule has 0 aliphatic carbocycles. The van der Waals surface area contributed by atoms with Crippen LogP contribution in [0.4, 0.5) is 0 Å². The third-order valence-corrected chi connectivity index (χ3v) is 10.9.